The van der Waals surface area contributed by atoms with Gasteiger partial charge in [-0.1, -0.05) is 30.3 Å². The Morgan fingerprint density at radius 3 is 2.37 bits per heavy atom. The van der Waals surface area contributed by atoms with Crippen LogP contribution >= 0.6 is 0 Å². The summed E-state index contributed by atoms with van der Waals surface area (Å²) in [5.41, 5.74) is 2.66. The van der Waals surface area contributed by atoms with Gasteiger partial charge in [0.15, 0.2) is 0 Å². The number of unbranched alkanes of at least 4 members (excludes halogenated alkanes) is 1. The Kier molecular flexibility index (Phi) is 7.95. The first-order valence-electron chi connectivity index (χ1n) is 10.1. The predicted octanol–water partition coefficient (Wildman–Crippen LogP) is 5.86. The molecule has 0 radical (unpaired) electrons. The zero-order valence-corrected chi connectivity index (χ0v) is 17.5. The molecule has 3 rings (SSSR count). The summed E-state index contributed by atoms with van der Waals surface area (Å²) >= 11 is 0. The van der Waals surface area contributed by atoms with Crippen molar-refractivity contribution < 1.29 is 18.6 Å². The zero-order chi connectivity index (χ0) is 21.2. The smallest absolute Gasteiger partial charge is 0.149 e. The maximum atomic E-state index is 14.5. The Morgan fingerprint density at radius 2 is 1.63 bits per heavy atom. The highest BCUT2D eigenvalue weighted by Crippen LogP contribution is 2.27. The average molecular weight is 410 g/mol. The molecule has 158 valence electrons. The van der Waals surface area contributed by atoms with Crippen LogP contribution in [0.1, 0.15) is 24.0 Å². The molecular formula is C25H28FNO3. The number of halogens is 1. The average Bonchev–Trinajstić information content (AvgIpc) is 2.79. The van der Waals surface area contributed by atoms with Gasteiger partial charge in [0.1, 0.15) is 23.1 Å². The van der Waals surface area contributed by atoms with E-state index in [2.05, 4.69) is 29.6 Å². The van der Waals surface area contributed by atoms with Gasteiger partial charge in [-0.25, -0.2) is 4.39 Å². The summed E-state index contributed by atoms with van der Waals surface area (Å²) in [6, 6.07) is 20.8. The molecule has 0 aliphatic rings. The van der Waals surface area contributed by atoms with Crippen LogP contribution in [0, 0.1) is 5.82 Å². The van der Waals surface area contributed by atoms with Crippen LogP contribution in [0.3, 0.4) is 0 Å². The summed E-state index contributed by atoms with van der Waals surface area (Å²) in [5, 5.41) is 3.11. The van der Waals surface area contributed by atoms with Crippen molar-refractivity contribution in [2.45, 2.75) is 25.8 Å². The molecule has 4 nitrogen and oxygen atoms in total. The zero-order valence-electron chi connectivity index (χ0n) is 17.5. The summed E-state index contributed by atoms with van der Waals surface area (Å²) in [4.78, 5) is 0. The van der Waals surface area contributed by atoms with Gasteiger partial charge in [-0.3, -0.25) is 0 Å². The van der Waals surface area contributed by atoms with Crippen molar-refractivity contribution in [2.75, 3.05) is 26.1 Å². The molecule has 0 unspecified atom stereocenters. The topological polar surface area (TPSA) is 39.7 Å². The summed E-state index contributed by atoms with van der Waals surface area (Å²) in [5.74, 6) is 1.61. The minimum atomic E-state index is -0.343. The van der Waals surface area contributed by atoms with E-state index in [1.54, 1.807) is 26.4 Å². The molecule has 0 spiro atoms. The van der Waals surface area contributed by atoms with Crippen molar-refractivity contribution in [3.05, 3.63) is 83.7 Å². The molecule has 0 fully saturated rings. The quantitative estimate of drug-likeness (QED) is 0.403. The van der Waals surface area contributed by atoms with E-state index in [0.717, 1.165) is 24.8 Å². The van der Waals surface area contributed by atoms with E-state index in [1.165, 1.54) is 11.6 Å². The molecule has 0 aliphatic carbocycles. The largest absolute Gasteiger partial charge is 0.497 e. The van der Waals surface area contributed by atoms with Crippen LogP contribution in [-0.2, 0) is 13.0 Å². The molecule has 0 aromatic heterocycles. The third kappa shape index (κ3) is 6.14. The SMILES string of the molecule is COc1ccc(CNc2ccc(OCCCCc3ccccc3)cc2F)c(OC)c1. The fourth-order valence-electron chi connectivity index (χ4n) is 3.18. The number of benzene rings is 3. The van der Waals surface area contributed by atoms with E-state index in [-0.39, 0.29) is 5.82 Å². The number of hydrogen-bond acceptors (Lipinski definition) is 4. The lowest BCUT2D eigenvalue weighted by Crippen LogP contribution is -2.04. The van der Waals surface area contributed by atoms with E-state index >= 15 is 0 Å². The van der Waals surface area contributed by atoms with Gasteiger partial charge in [-0.05, 0) is 49.1 Å². The van der Waals surface area contributed by atoms with Gasteiger partial charge in [0.05, 0.1) is 26.5 Å². The van der Waals surface area contributed by atoms with Gasteiger partial charge < -0.3 is 19.5 Å². The highest BCUT2D eigenvalue weighted by molar-refractivity contribution is 5.50. The molecule has 5 heteroatoms. The molecule has 0 heterocycles. The number of rotatable bonds is 11. The monoisotopic (exact) mass is 409 g/mol. The fourth-order valence-corrected chi connectivity index (χ4v) is 3.18. The number of aryl methyl sites for hydroxylation is 1. The van der Waals surface area contributed by atoms with Gasteiger partial charge >= 0.3 is 0 Å². The maximum absolute atomic E-state index is 14.5. The lowest BCUT2D eigenvalue weighted by molar-refractivity contribution is 0.305. The second-order valence-corrected chi connectivity index (χ2v) is 6.96. The van der Waals surface area contributed by atoms with Crippen molar-refractivity contribution >= 4 is 5.69 Å². The Hall–Kier alpha value is -3.21. The third-order valence-electron chi connectivity index (χ3n) is 4.88. The van der Waals surface area contributed by atoms with Gasteiger partial charge in [0.25, 0.3) is 0 Å². The molecule has 0 amide bonds. The Morgan fingerprint density at radius 1 is 0.833 bits per heavy atom. The number of ether oxygens (including phenoxy) is 3. The van der Waals surface area contributed by atoms with Gasteiger partial charge in [0.2, 0.25) is 0 Å². The minimum absolute atomic E-state index is 0.343. The van der Waals surface area contributed by atoms with Gasteiger partial charge in [0, 0.05) is 24.2 Å². The first kappa shape index (κ1) is 21.5. The van der Waals surface area contributed by atoms with Crippen LogP contribution in [0.5, 0.6) is 17.2 Å². The lowest BCUT2D eigenvalue weighted by Gasteiger charge is -2.13. The number of nitrogens with one attached hydrogen (secondary N) is 1. The van der Waals surface area contributed by atoms with Crippen LogP contribution in [0.25, 0.3) is 0 Å². The van der Waals surface area contributed by atoms with Crippen molar-refractivity contribution in [1.29, 1.82) is 0 Å². The molecule has 3 aromatic carbocycles. The van der Waals surface area contributed by atoms with Crippen molar-refractivity contribution in [1.82, 2.24) is 0 Å². The summed E-state index contributed by atoms with van der Waals surface area (Å²) < 4.78 is 30.7. The number of methoxy groups -OCH3 is 2. The minimum Gasteiger partial charge on any atom is -0.497 e. The van der Waals surface area contributed by atoms with Crippen LogP contribution in [0.2, 0.25) is 0 Å². The second-order valence-electron chi connectivity index (χ2n) is 6.96. The van der Waals surface area contributed by atoms with Crippen molar-refractivity contribution in [2.24, 2.45) is 0 Å². The molecule has 0 saturated carbocycles. The van der Waals surface area contributed by atoms with Crippen LogP contribution in [-0.4, -0.2) is 20.8 Å². The molecule has 0 saturated heterocycles. The molecule has 0 aliphatic heterocycles. The van der Waals surface area contributed by atoms with E-state index in [1.807, 2.05) is 24.3 Å². The van der Waals surface area contributed by atoms with Crippen molar-refractivity contribution in [3.8, 4) is 17.2 Å². The van der Waals surface area contributed by atoms with Crippen molar-refractivity contribution in [3.63, 3.8) is 0 Å². The van der Waals surface area contributed by atoms with Crippen LogP contribution in [0.4, 0.5) is 10.1 Å². The molecule has 0 bridgehead atoms. The fraction of sp³-hybridized carbons (Fsp3) is 0.280. The number of anilines is 1. The normalized spacial score (nSPS) is 10.5. The van der Waals surface area contributed by atoms with E-state index in [9.17, 15) is 4.39 Å². The highest BCUT2D eigenvalue weighted by atomic mass is 19.1. The molecule has 0 atom stereocenters. The Balaban J connectivity index is 1.47. The van der Waals surface area contributed by atoms with E-state index < -0.39 is 0 Å². The summed E-state index contributed by atoms with van der Waals surface area (Å²) in [7, 11) is 3.21. The third-order valence-corrected chi connectivity index (χ3v) is 4.88. The van der Waals surface area contributed by atoms with E-state index in [0.29, 0.717) is 36.1 Å². The lowest BCUT2D eigenvalue weighted by atomic mass is 10.1. The van der Waals surface area contributed by atoms with Crippen LogP contribution in [0.15, 0.2) is 66.7 Å². The molecule has 3 aromatic rings. The van der Waals surface area contributed by atoms with Gasteiger partial charge in [-0.2, -0.15) is 0 Å². The Bertz CT molecular complexity index is 931. The maximum Gasteiger partial charge on any atom is 0.149 e. The predicted molar refractivity (Wildman–Crippen MR) is 118 cm³/mol. The standard InChI is InChI=1S/C25H28FNO3/c1-28-21-12-11-20(25(17-21)29-2)18-27-24-14-13-22(16-23(24)26)30-15-7-6-10-19-8-4-3-5-9-19/h3-5,8-9,11-14,16-17,27H,6-7,10,15,18H2,1-2H3. The molecule has 1 N–H and O–H groups in total. The second kappa shape index (κ2) is 11.1. The van der Waals surface area contributed by atoms with Crippen LogP contribution < -0.4 is 19.5 Å². The molecular weight excluding hydrogens is 381 g/mol. The van der Waals surface area contributed by atoms with E-state index in [4.69, 9.17) is 14.2 Å². The highest BCUT2D eigenvalue weighted by Gasteiger charge is 2.08. The Labute approximate surface area is 177 Å². The van der Waals surface area contributed by atoms with Gasteiger partial charge in [-0.15, -0.1) is 0 Å². The first-order chi connectivity index (χ1) is 14.7. The summed E-state index contributed by atoms with van der Waals surface area (Å²) in [6.45, 7) is 1.01. The molecule has 30 heavy (non-hydrogen) atoms. The summed E-state index contributed by atoms with van der Waals surface area (Å²) in [6.07, 6.45) is 2.99. The number of hydrogen-bond donors (Lipinski definition) is 1. The first-order valence-corrected chi connectivity index (χ1v) is 10.1.